The van der Waals surface area contributed by atoms with Crippen LogP contribution in [0.25, 0.3) is 0 Å². The molecular formula is C18H20ClF2N5O2. The number of alkyl halides is 2. The number of hydrogen-bond acceptors (Lipinski definition) is 6. The summed E-state index contributed by atoms with van der Waals surface area (Å²) in [4.78, 5) is 25.2. The number of carbonyl (C=O) groups is 1. The minimum absolute atomic E-state index is 0.00206. The minimum atomic E-state index is -2.96. The van der Waals surface area contributed by atoms with Crippen LogP contribution in [0.15, 0.2) is 36.7 Å². The SMILES string of the molecule is C[C@H](C(=O)Nc1ccc(OC(F)F)c(Cl)c1)N1CCN(c2ncccn2)CC1. The van der Waals surface area contributed by atoms with Gasteiger partial charge in [0.25, 0.3) is 0 Å². The maximum Gasteiger partial charge on any atom is 0.387 e. The van der Waals surface area contributed by atoms with Crippen LogP contribution in [0.1, 0.15) is 6.92 Å². The Kier molecular flexibility index (Phi) is 6.58. The summed E-state index contributed by atoms with van der Waals surface area (Å²) in [6.45, 7) is 1.67. The second kappa shape index (κ2) is 9.11. The van der Waals surface area contributed by atoms with Gasteiger partial charge < -0.3 is 15.0 Å². The second-order valence-corrected chi connectivity index (χ2v) is 6.67. The lowest BCUT2D eigenvalue weighted by atomic mass is 10.2. The number of carbonyl (C=O) groups excluding carboxylic acids is 1. The fourth-order valence-electron chi connectivity index (χ4n) is 2.95. The van der Waals surface area contributed by atoms with E-state index in [1.807, 2.05) is 6.92 Å². The van der Waals surface area contributed by atoms with Crippen LogP contribution in [0, 0.1) is 0 Å². The summed E-state index contributed by atoms with van der Waals surface area (Å²) < 4.78 is 28.9. The summed E-state index contributed by atoms with van der Waals surface area (Å²) >= 11 is 5.92. The Labute approximate surface area is 166 Å². The number of amides is 1. The van der Waals surface area contributed by atoms with E-state index in [2.05, 4.69) is 29.8 Å². The van der Waals surface area contributed by atoms with E-state index in [-0.39, 0.29) is 22.7 Å². The van der Waals surface area contributed by atoms with Crippen LogP contribution in [0.2, 0.25) is 5.02 Å². The number of ether oxygens (including phenoxy) is 1. The molecule has 2 heterocycles. The van der Waals surface area contributed by atoms with E-state index in [1.165, 1.54) is 18.2 Å². The molecule has 0 unspecified atom stereocenters. The molecule has 7 nitrogen and oxygen atoms in total. The molecule has 1 aliphatic rings. The van der Waals surface area contributed by atoms with E-state index in [4.69, 9.17) is 11.6 Å². The fourth-order valence-corrected chi connectivity index (χ4v) is 3.17. The minimum Gasteiger partial charge on any atom is -0.433 e. The van der Waals surface area contributed by atoms with Gasteiger partial charge in [-0.3, -0.25) is 9.69 Å². The Morgan fingerprint density at radius 1 is 1.21 bits per heavy atom. The zero-order valence-electron chi connectivity index (χ0n) is 15.2. The van der Waals surface area contributed by atoms with Crippen molar-refractivity contribution < 1.29 is 18.3 Å². The first-order valence-corrected chi connectivity index (χ1v) is 9.13. The predicted octanol–water partition coefficient (Wildman–Crippen LogP) is 2.88. The van der Waals surface area contributed by atoms with Gasteiger partial charge in [0.1, 0.15) is 5.75 Å². The van der Waals surface area contributed by atoms with Crippen LogP contribution in [0.5, 0.6) is 5.75 Å². The lowest BCUT2D eigenvalue weighted by Crippen LogP contribution is -2.53. The molecule has 150 valence electrons. The third kappa shape index (κ3) is 5.05. The first kappa shape index (κ1) is 20.2. The third-order valence-electron chi connectivity index (χ3n) is 4.49. The van der Waals surface area contributed by atoms with Gasteiger partial charge in [0.05, 0.1) is 11.1 Å². The van der Waals surface area contributed by atoms with Gasteiger partial charge in [-0.05, 0) is 31.2 Å². The summed E-state index contributed by atoms with van der Waals surface area (Å²) in [7, 11) is 0. The number of rotatable bonds is 6. The molecule has 1 saturated heterocycles. The third-order valence-corrected chi connectivity index (χ3v) is 4.79. The number of aromatic nitrogens is 2. The Balaban J connectivity index is 1.54. The van der Waals surface area contributed by atoms with Gasteiger partial charge in [0, 0.05) is 44.3 Å². The van der Waals surface area contributed by atoms with Crippen LogP contribution >= 0.6 is 11.6 Å². The quantitative estimate of drug-likeness (QED) is 0.788. The highest BCUT2D eigenvalue weighted by Crippen LogP contribution is 2.29. The number of anilines is 2. The molecule has 0 spiro atoms. The molecular weight excluding hydrogens is 392 g/mol. The molecule has 1 fully saturated rings. The fraction of sp³-hybridized carbons (Fsp3) is 0.389. The number of hydrogen-bond donors (Lipinski definition) is 1. The zero-order valence-corrected chi connectivity index (χ0v) is 15.9. The predicted molar refractivity (Wildman–Crippen MR) is 102 cm³/mol. The van der Waals surface area contributed by atoms with E-state index in [0.717, 1.165) is 0 Å². The molecule has 0 aliphatic carbocycles. The van der Waals surface area contributed by atoms with Crippen molar-refractivity contribution in [3.05, 3.63) is 41.7 Å². The molecule has 1 N–H and O–H groups in total. The number of piperazine rings is 1. The summed E-state index contributed by atoms with van der Waals surface area (Å²) in [5.74, 6) is 0.338. The first-order valence-electron chi connectivity index (χ1n) is 8.75. The molecule has 0 radical (unpaired) electrons. The number of benzene rings is 1. The molecule has 1 amide bonds. The van der Waals surface area contributed by atoms with E-state index in [9.17, 15) is 13.6 Å². The van der Waals surface area contributed by atoms with Crippen LogP contribution in [0.4, 0.5) is 20.4 Å². The topological polar surface area (TPSA) is 70.6 Å². The molecule has 2 aromatic rings. The summed E-state index contributed by atoms with van der Waals surface area (Å²) in [6, 6.07) is 5.56. The first-order chi connectivity index (χ1) is 13.4. The van der Waals surface area contributed by atoms with Crippen LogP contribution in [0.3, 0.4) is 0 Å². The molecule has 1 aromatic carbocycles. The standard InChI is InChI=1S/C18H20ClF2N5O2/c1-12(25-7-9-26(10-8-25)18-22-5-2-6-23-18)16(27)24-13-3-4-15(14(19)11-13)28-17(20)21/h2-6,11-12,17H,7-10H2,1H3,(H,24,27)/t12-/m1/s1. The van der Waals surface area contributed by atoms with Gasteiger partial charge in [-0.2, -0.15) is 8.78 Å². The molecule has 1 atom stereocenters. The molecule has 0 bridgehead atoms. The van der Waals surface area contributed by atoms with Crippen LogP contribution in [-0.2, 0) is 4.79 Å². The summed E-state index contributed by atoms with van der Waals surface area (Å²) in [5, 5.41) is 2.76. The monoisotopic (exact) mass is 411 g/mol. The average molecular weight is 412 g/mol. The molecule has 10 heteroatoms. The van der Waals surface area contributed by atoms with Crippen LogP contribution < -0.4 is 15.0 Å². The number of nitrogens with one attached hydrogen (secondary N) is 1. The Hall–Kier alpha value is -2.52. The van der Waals surface area contributed by atoms with Gasteiger partial charge in [-0.1, -0.05) is 11.6 Å². The summed E-state index contributed by atoms with van der Waals surface area (Å²) in [6.07, 6.45) is 3.40. The van der Waals surface area contributed by atoms with Gasteiger partial charge in [0.2, 0.25) is 11.9 Å². The number of nitrogens with zero attached hydrogens (tertiary/aromatic N) is 4. The Bertz CT molecular complexity index is 804. The normalized spacial score (nSPS) is 16.1. The molecule has 28 heavy (non-hydrogen) atoms. The highest BCUT2D eigenvalue weighted by Gasteiger charge is 2.26. The lowest BCUT2D eigenvalue weighted by molar-refractivity contribution is -0.120. The number of halogens is 3. The van der Waals surface area contributed by atoms with E-state index in [1.54, 1.807) is 18.5 Å². The molecule has 3 rings (SSSR count). The highest BCUT2D eigenvalue weighted by atomic mass is 35.5. The Morgan fingerprint density at radius 3 is 2.50 bits per heavy atom. The van der Waals surface area contributed by atoms with Gasteiger partial charge in [0.15, 0.2) is 0 Å². The maximum absolute atomic E-state index is 12.6. The second-order valence-electron chi connectivity index (χ2n) is 6.26. The lowest BCUT2D eigenvalue weighted by Gasteiger charge is -2.37. The molecule has 1 aliphatic heterocycles. The molecule has 0 saturated carbocycles. The van der Waals surface area contributed by atoms with Gasteiger partial charge in [-0.25, -0.2) is 9.97 Å². The van der Waals surface area contributed by atoms with Crippen LogP contribution in [-0.4, -0.2) is 59.6 Å². The van der Waals surface area contributed by atoms with Crippen molar-refractivity contribution in [1.29, 1.82) is 0 Å². The smallest absolute Gasteiger partial charge is 0.387 e. The zero-order chi connectivity index (χ0) is 20.1. The van der Waals surface area contributed by atoms with Crippen molar-refractivity contribution >= 4 is 29.1 Å². The maximum atomic E-state index is 12.6. The highest BCUT2D eigenvalue weighted by molar-refractivity contribution is 6.32. The molecule has 1 aromatic heterocycles. The van der Waals surface area contributed by atoms with E-state index >= 15 is 0 Å². The van der Waals surface area contributed by atoms with E-state index in [0.29, 0.717) is 37.8 Å². The largest absolute Gasteiger partial charge is 0.433 e. The van der Waals surface area contributed by atoms with Crippen molar-refractivity contribution in [3.63, 3.8) is 0 Å². The van der Waals surface area contributed by atoms with Crippen molar-refractivity contribution in [1.82, 2.24) is 14.9 Å². The van der Waals surface area contributed by atoms with E-state index < -0.39 is 6.61 Å². The summed E-state index contributed by atoms with van der Waals surface area (Å²) in [5.41, 5.74) is 0.416. The average Bonchev–Trinajstić information content (AvgIpc) is 2.70. The van der Waals surface area contributed by atoms with Crippen molar-refractivity contribution in [2.24, 2.45) is 0 Å². The Morgan fingerprint density at radius 2 is 1.89 bits per heavy atom. The van der Waals surface area contributed by atoms with Gasteiger partial charge >= 0.3 is 6.61 Å². The van der Waals surface area contributed by atoms with Crippen molar-refractivity contribution in [3.8, 4) is 5.75 Å². The van der Waals surface area contributed by atoms with Gasteiger partial charge in [-0.15, -0.1) is 0 Å². The van der Waals surface area contributed by atoms with Crippen molar-refractivity contribution in [2.45, 2.75) is 19.6 Å². The van der Waals surface area contributed by atoms with Crippen molar-refractivity contribution in [2.75, 3.05) is 36.4 Å².